The number of hydrogen-bond acceptors (Lipinski definition) is 4. The van der Waals surface area contributed by atoms with Gasteiger partial charge < -0.3 is 5.32 Å². The van der Waals surface area contributed by atoms with Gasteiger partial charge in [0.15, 0.2) is 0 Å². The smallest absolute Gasteiger partial charge is 0.292 e. The maximum atomic E-state index is 11.1. The molecule has 0 saturated carbocycles. The van der Waals surface area contributed by atoms with Crippen LogP contribution in [0.2, 0.25) is 0 Å². The van der Waals surface area contributed by atoms with E-state index >= 15 is 0 Å². The Morgan fingerprint density at radius 2 is 2.21 bits per heavy atom. The molecule has 2 aromatic rings. The second kappa shape index (κ2) is 5.84. The summed E-state index contributed by atoms with van der Waals surface area (Å²) in [6.45, 7) is 3.92. The van der Waals surface area contributed by atoms with E-state index in [1.807, 2.05) is 30.5 Å². The number of nitrogens with one attached hydrogen (secondary N) is 1. The Balaban J connectivity index is 2.29. The molecule has 1 unspecified atom stereocenters. The van der Waals surface area contributed by atoms with Crippen LogP contribution in [-0.2, 0) is 0 Å². The molecular formula is C14H16N2O2S. The van der Waals surface area contributed by atoms with Crippen LogP contribution < -0.4 is 5.32 Å². The highest BCUT2D eigenvalue weighted by molar-refractivity contribution is 7.10. The van der Waals surface area contributed by atoms with Crippen LogP contribution >= 0.6 is 11.3 Å². The maximum absolute atomic E-state index is 11.1. The van der Waals surface area contributed by atoms with Crippen molar-refractivity contribution in [1.82, 2.24) is 0 Å². The van der Waals surface area contributed by atoms with Crippen LogP contribution in [0.25, 0.3) is 0 Å². The molecule has 0 fully saturated rings. The first-order chi connectivity index (χ1) is 9.11. The molecule has 2 rings (SSSR count). The molecule has 0 aliphatic rings. The summed E-state index contributed by atoms with van der Waals surface area (Å²) < 4.78 is 0. The van der Waals surface area contributed by atoms with Gasteiger partial charge in [0.25, 0.3) is 5.69 Å². The molecule has 4 nitrogen and oxygen atoms in total. The van der Waals surface area contributed by atoms with Crippen molar-refractivity contribution in [1.29, 1.82) is 0 Å². The predicted molar refractivity (Wildman–Crippen MR) is 78.8 cm³/mol. The number of benzene rings is 1. The van der Waals surface area contributed by atoms with Crippen LogP contribution in [0.3, 0.4) is 0 Å². The number of nitrogens with zero attached hydrogens (tertiary/aromatic N) is 1. The molecule has 19 heavy (non-hydrogen) atoms. The predicted octanol–water partition coefficient (Wildman–Crippen LogP) is 4.53. The van der Waals surface area contributed by atoms with Crippen LogP contribution in [0.1, 0.15) is 29.8 Å². The molecule has 1 heterocycles. The normalized spacial score (nSPS) is 12.1. The molecule has 0 spiro atoms. The minimum Gasteiger partial charge on any atom is -0.372 e. The van der Waals surface area contributed by atoms with Gasteiger partial charge >= 0.3 is 0 Å². The molecule has 1 atom stereocenters. The maximum Gasteiger partial charge on any atom is 0.292 e. The van der Waals surface area contributed by atoms with E-state index < -0.39 is 0 Å². The van der Waals surface area contributed by atoms with Crippen LogP contribution in [0.4, 0.5) is 11.4 Å². The Hall–Kier alpha value is -1.88. The molecule has 0 saturated heterocycles. The van der Waals surface area contributed by atoms with Crippen molar-refractivity contribution < 1.29 is 4.92 Å². The standard InChI is InChI=1S/C14H16N2O2S/c1-3-11(14-5-4-8-19-14)15-12-7-6-10(2)9-13(12)16(17)18/h4-9,11,15H,3H2,1-2H3. The molecule has 0 aliphatic heterocycles. The number of rotatable bonds is 5. The molecular weight excluding hydrogens is 260 g/mol. The summed E-state index contributed by atoms with van der Waals surface area (Å²) in [5.74, 6) is 0. The topological polar surface area (TPSA) is 55.2 Å². The van der Waals surface area contributed by atoms with Gasteiger partial charge in [-0.2, -0.15) is 0 Å². The van der Waals surface area contributed by atoms with E-state index in [9.17, 15) is 10.1 Å². The summed E-state index contributed by atoms with van der Waals surface area (Å²) >= 11 is 1.66. The Morgan fingerprint density at radius 1 is 1.42 bits per heavy atom. The third-order valence-electron chi connectivity index (χ3n) is 2.97. The van der Waals surface area contributed by atoms with Crippen LogP contribution in [0.15, 0.2) is 35.7 Å². The van der Waals surface area contributed by atoms with Crippen molar-refractivity contribution >= 4 is 22.7 Å². The van der Waals surface area contributed by atoms with Crippen molar-refractivity contribution in [3.05, 3.63) is 56.3 Å². The number of hydrogen-bond donors (Lipinski definition) is 1. The Kier molecular flexibility index (Phi) is 4.16. The highest BCUT2D eigenvalue weighted by Gasteiger charge is 2.18. The third kappa shape index (κ3) is 3.12. The van der Waals surface area contributed by atoms with E-state index in [0.717, 1.165) is 12.0 Å². The highest BCUT2D eigenvalue weighted by atomic mass is 32.1. The van der Waals surface area contributed by atoms with Crippen LogP contribution in [-0.4, -0.2) is 4.92 Å². The summed E-state index contributed by atoms with van der Waals surface area (Å²) in [5, 5.41) is 16.4. The average molecular weight is 276 g/mol. The minimum absolute atomic E-state index is 0.112. The Morgan fingerprint density at radius 3 is 2.79 bits per heavy atom. The van der Waals surface area contributed by atoms with Gasteiger partial charge in [-0.05, 0) is 36.4 Å². The lowest BCUT2D eigenvalue weighted by Gasteiger charge is -2.17. The van der Waals surface area contributed by atoms with Gasteiger partial charge in [0.05, 0.1) is 11.0 Å². The second-order valence-electron chi connectivity index (χ2n) is 4.40. The van der Waals surface area contributed by atoms with E-state index in [1.165, 1.54) is 4.88 Å². The van der Waals surface area contributed by atoms with Gasteiger partial charge in [-0.3, -0.25) is 10.1 Å². The molecule has 1 N–H and O–H groups in total. The van der Waals surface area contributed by atoms with E-state index in [1.54, 1.807) is 23.5 Å². The van der Waals surface area contributed by atoms with E-state index in [-0.39, 0.29) is 16.7 Å². The van der Waals surface area contributed by atoms with Gasteiger partial charge in [0.1, 0.15) is 5.69 Å². The lowest BCUT2D eigenvalue weighted by atomic mass is 10.1. The van der Waals surface area contributed by atoms with Crippen LogP contribution in [0, 0.1) is 17.0 Å². The van der Waals surface area contributed by atoms with E-state index in [2.05, 4.69) is 12.2 Å². The first kappa shape index (κ1) is 13.5. The summed E-state index contributed by atoms with van der Waals surface area (Å²) in [7, 11) is 0. The van der Waals surface area contributed by atoms with Crippen molar-refractivity contribution in [2.75, 3.05) is 5.32 Å². The van der Waals surface area contributed by atoms with Crippen molar-refractivity contribution in [3.63, 3.8) is 0 Å². The summed E-state index contributed by atoms with van der Waals surface area (Å²) in [4.78, 5) is 12.0. The molecule has 1 aromatic carbocycles. The molecule has 1 aromatic heterocycles. The number of nitro benzene ring substituents is 1. The lowest BCUT2D eigenvalue weighted by Crippen LogP contribution is -2.09. The number of thiophene rings is 1. The second-order valence-corrected chi connectivity index (χ2v) is 5.38. The molecule has 0 aliphatic carbocycles. The molecule has 100 valence electrons. The van der Waals surface area contributed by atoms with Gasteiger partial charge in [-0.15, -0.1) is 11.3 Å². The molecule has 5 heteroatoms. The quantitative estimate of drug-likeness (QED) is 0.645. The zero-order valence-electron chi connectivity index (χ0n) is 10.9. The summed E-state index contributed by atoms with van der Waals surface area (Å²) in [5.41, 5.74) is 1.60. The first-order valence-corrected chi connectivity index (χ1v) is 7.04. The zero-order valence-corrected chi connectivity index (χ0v) is 11.7. The Bertz CT molecular complexity index is 567. The monoisotopic (exact) mass is 276 g/mol. The third-order valence-corrected chi connectivity index (χ3v) is 3.96. The van der Waals surface area contributed by atoms with Gasteiger partial charge in [0, 0.05) is 10.9 Å². The van der Waals surface area contributed by atoms with Gasteiger partial charge in [-0.1, -0.05) is 19.1 Å². The fourth-order valence-electron chi connectivity index (χ4n) is 1.97. The molecule has 0 radical (unpaired) electrons. The summed E-state index contributed by atoms with van der Waals surface area (Å²) in [6.07, 6.45) is 0.881. The average Bonchev–Trinajstić information content (AvgIpc) is 2.90. The SMILES string of the molecule is CCC(Nc1ccc(C)cc1[N+](=O)[O-])c1cccs1. The minimum atomic E-state index is -0.337. The number of nitro groups is 1. The van der Waals surface area contributed by atoms with E-state index in [0.29, 0.717) is 5.69 Å². The first-order valence-electron chi connectivity index (χ1n) is 6.16. The highest BCUT2D eigenvalue weighted by Crippen LogP contribution is 2.31. The lowest BCUT2D eigenvalue weighted by molar-refractivity contribution is -0.384. The fourth-order valence-corrected chi connectivity index (χ4v) is 2.83. The fraction of sp³-hybridized carbons (Fsp3) is 0.286. The Labute approximate surface area is 116 Å². The van der Waals surface area contributed by atoms with Gasteiger partial charge in [0.2, 0.25) is 0 Å². The van der Waals surface area contributed by atoms with Crippen LogP contribution in [0.5, 0.6) is 0 Å². The number of anilines is 1. The van der Waals surface area contributed by atoms with Gasteiger partial charge in [-0.25, -0.2) is 0 Å². The van der Waals surface area contributed by atoms with E-state index in [4.69, 9.17) is 0 Å². The number of aryl methyl sites for hydroxylation is 1. The zero-order chi connectivity index (χ0) is 13.8. The largest absolute Gasteiger partial charge is 0.372 e. The van der Waals surface area contributed by atoms with Crippen molar-refractivity contribution in [2.24, 2.45) is 0 Å². The molecule has 0 amide bonds. The van der Waals surface area contributed by atoms with Crippen molar-refractivity contribution in [3.8, 4) is 0 Å². The molecule has 0 bridgehead atoms. The van der Waals surface area contributed by atoms with Crippen molar-refractivity contribution in [2.45, 2.75) is 26.3 Å². The summed E-state index contributed by atoms with van der Waals surface area (Å²) in [6, 6.07) is 9.42.